The summed E-state index contributed by atoms with van der Waals surface area (Å²) in [4.78, 5) is 29.1. The molecule has 2 aliphatic rings. The van der Waals surface area contributed by atoms with Gasteiger partial charge in [0.05, 0.1) is 0 Å². The number of nitrogens with zero attached hydrogens (tertiary/aromatic N) is 2. The van der Waals surface area contributed by atoms with Crippen molar-refractivity contribution in [2.45, 2.75) is 31.8 Å². The molecule has 2 heterocycles. The lowest BCUT2D eigenvalue weighted by molar-refractivity contribution is -0.125. The fourth-order valence-corrected chi connectivity index (χ4v) is 3.03. The van der Waals surface area contributed by atoms with Crippen LogP contribution in [0.5, 0.6) is 11.5 Å². The van der Waals surface area contributed by atoms with Gasteiger partial charge in [-0.2, -0.15) is 0 Å². The number of fused-ring (bicyclic) bond motifs is 1. The predicted octanol–water partition coefficient (Wildman–Crippen LogP) is 1.09. The van der Waals surface area contributed by atoms with Crippen LogP contribution in [0.15, 0.2) is 18.2 Å². The first-order chi connectivity index (χ1) is 12.0. The van der Waals surface area contributed by atoms with Crippen molar-refractivity contribution in [2.24, 2.45) is 0 Å². The quantitative estimate of drug-likeness (QED) is 0.863. The molecular formula is C18H25N3O4. The lowest BCUT2D eigenvalue weighted by Gasteiger charge is -2.26. The van der Waals surface area contributed by atoms with Gasteiger partial charge >= 0.3 is 0 Å². The Bertz CT molecular complexity index is 662. The fourth-order valence-electron chi connectivity index (χ4n) is 3.03. The van der Waals surface area contributed by atoms with Crippen LogP contribution < -0.4 is 14.8 Å². The molecule has 0 bridgehead atoms. The molecular weight excluding hydrogens is 322 g/mol. The van der Waals surface area contributed by atoms with E-state index in [4.69, 9.17) is 9.47 Å². The number of carbonyl (C=O) groups excluding carboxylic acids is 2. The van der Waals surface area contributed by atoms with Crippen molar-refractivity contribution in [3.63, 3.8) is 0 Å². The van der Waals surface area contributed by atoms with E-state index < -0.39 is 6.04 Å². The fraction of sp³-hybridized carbons (Fsp3) is 0.556. The number of amides is 2. The third kappa shape index (κ3) is 3.71. The Morgan fingerprint density at radius 3 is 2.84 bits per heavy atom. The van der Waals surface area contributed by atoms with E-state index in [0.29, 0.717) is 36.6 Å². The lowest BCUT2D eigenvalue weighted by atomic mass is 10.1. The number of hydrogen-bond acceptors (Lipinski definition) is 5. The number of carbonyl (C=O) groups is 2. The van der Waals surface area contributed by atoms with Crippen LogP contribution in [0.25, 0.3) is 0 Å². The molecule has 0 radical (unpaired) electrons. The van der Waals surface area contributed by atoms with Gasteiger partial charge in [-0.15, -0.1) is 0 Å². The summed E-state index contributed by atoms with van der Waals surface area (Å²) in [5.74, 6) is 0.993. The summed E-state index contributed by atoms with van der Waals surface area (Å²) in [6, 6.07) is 4.97. The van der Waals surface area contributed by atoms with Crippen LogP contribution in [0, 0.1) is 0 Å². The van der Waals surface area contributed by atoms with Gasteiger partial charge in [0.1, 0.15) is 6.04 Å². The molecule has 3 rings (SSSR count). The highest BCUT2D eigenvalue weighted by molar-refractivity contribution is 5.98. The summed E-state index contributed by atoms with van der Waals surface area (Å²) < 4.78 is 10.6. The van der Waals surface area contributed by atoms with E-state index in [-0.39, 0.29) is 24.6 Å². The summed E-state index contributed by atoms with van der Waals surface area (Å²) in [7, 11) is 3.95. The molecule has 0 aliphatic carbocycles. The number of rotatable bonds is 5. The number of likely N-dealkylation sites (tertiary alicyclic amines) is 1. The molecule has 25 heavy (non-hydrogen) atoms. The van der Waals surface area contributed by atoms with E-state index in [0.717, 1.165) is 6.42 Å². The Hall–Kier alpha value is -2.28. The number of hydrogen-bond donors (Lipinski definition) is 1. The van der Waals surface area contributed by atoms with Gasteiger partial charge in [0.15, 0.2) is 11.5 Å². The molecule has 7 nitrogen and oxygen atoms in total. The first kappa shape index (κ1) is 17.5. The van der Waals surface area contributed by atoms with E-state index in [9.17, 15) is 9.59 Å². The van der Waals surface area contributed by atoms with Crippen molar-refractivity contribution < 1.29 is 19.1 Å². The summed E-state index contributed by atoms with van der Waals surface area (Å²) >= 11 is 0. The van der Waals surface area contributed by atoms with Crippen molar-refractivity contribution >= 4 is 11.8 Å². The van der Waals surface area contributed by atoms with Crippen LogP contribution >= 0.6 is 0 Å². The molecule has 0 saturated carbocycles. The van der Waals surface area contributed by atoms with Gasteiger partial charge in [-0.25, -0.2) is 0 Å². The van der Waals surface area contributed by atoms with Gasteiger partial charge in [-0.1, -0.05) is 0 Å². The van der Waals surface area contributed by atoms with Crippen molar-refractivity contribution in [1.29, 1.82) is 0 Å². The molecule has 2 atom stereocenters. The minimum atomic E-state index is -0.410. The normalized spacial score (nSPS) is 20.0. The summed E-state index contributed by atoms with van der Waals surface area (Å²) in [5.41, 5.74) is 0.519. The van der Waals surface area contributed by atoms with Gasteiger partial charge in [0.25, 0.3) is 5.91 Å². The molecule has 136 valence electrons. The summed E-state index contributed by atoms with van der Waals surface area (Å²) in [6.45, 7) is 3.37. The summed E-state index contributed by atoms with van der Waals surface area (Å²) in [5, 5.41) is 2.96. The Labute approximate surface area is 147 Å². The second-order valence-corrected chi connectivity index (χ2v) is 6.78. The Kier molecular flexibility index (Phi) is 5.13. The van der Waals surface area contributed by atoms with Crippen molar-refractivity contribution in [3.8, 4) is 11.5 Å². The molecule has 1 fully saturated rings. The molecule has 7 heteroatoms. The number of likely N-dealkylation sites (N-methyl/N-ethyl adjacent to an activating group) is 1. The zero-order valence-corrected chi connectivity index (χ0v) is 14.9. The molecule has 0 aromatic heterocycles. The van der Waals surface area contributed by atoms with Crippen LogP contribution in [0.1, 0.15) is 30.1 Å². The van der Waals surface area contributed by atoms with E-state index in [1.54, 1.807) is 23.1 Å². The van der Waals surface area contributed by atoms with Gasteiger partial charge in [0, 0.05) is 24.7 Å². The summed E-state index contributed by atoms with van der Waals surface area (Å²) in [6.07, 6.45) is 1.52. The molecule has 2 aliphatic heterocycles. The van der Waals surface area contributed by atoms with Crippen LogP contribution in [0.2, 0.25) is 0 Å². The van der Waals surface area contributed by atoms with Gasteiger partial charge in [-0.3, -0.25) is 9.59 Å². The number of benzene rings is 1. The maximum atomic E-state index is 12.8. The smallest absolute Gasteiger partial charge is 0.254 e. The van der Waals surface area contributed by atoms with Crippen molar-refractivity contribution in [3.05, 3.63) is 23.8 Å². The van der Waals surface area contributed by atoms with E-state index >= 15 is 0 Å². The first-order valence-corrected chi connectivity index (χ1v) is 8.62. The van der Waals surface area contributed by atoms with E-state index in [2.05, 4.69) is 5.32 Å². The van der Waals surface area contributed by atoms with Gasteiger partial charge in [0.2, 0.25) is 12.7 Å². The van der Waals surface area contributed by atoms with Gasteiger partial charge < -0.3 is 24.6 Å². The topological polar surface area (TPSA) is 71.1 Å². The van der Waals surface area contributed by atoms with Crippen LogP contribution in [0.4, 0.5) is 0 Å². The number of nitrogens with one attached hydrogen (secondary N) is 1. The predicted molar refractivity (Wildman–Crippen MR) is 92.8 cm³/mol. The van der Waals surface area contributed by atoms with Crippen LogP contribution in [-0.4, -0.2) is 67.7 Å². The highest BCUT2D eigenvalue weighted by atomic mass is 16.7. The monoisotopic (exact) mass is 347 g/mol. The average Bonchev–Trinajstić information content (AvgIpc) is 3.26. The Morgan fingerprint density at radius 1 is 1.32 bits per heavy atom. The standard InChI is InChI=1S/C18H25N3O4/c1-12(20(2)3)10-19-17(22)14-5-4-8-21(14)18(23)13-6-7-15-16(9-13)25-11-24-15/h6-7,9,12,14H,4-5,8,10-11H2,1-3H3,(H,19,22)/t12-,14+/m1/s1. The third-order valence-electron chi connectivity index (χ3n) is 4.89. The third-order valence-corrected chi connectivity index (χ3v) is 4.89. The Morgan fingerprint density at radius 2 is 2.08 bits per heavy atom. The molecule has 1 aromatic rings. The molecule has 1 saturated heterocycles. The minimum Gasteiger partial charge on any atom is -0.454 e. The molecule has 0 unspecified atom stereocenters. The average molecular weight is 347 g/mol. The molecule has 0 spiro atoms. The van der Waals surface area contributed by atoms with Crippen LogP contribution in [-0.2, 0) is 4.79 Å². The maximum Gasteiger partial charge on any atom is 0.254 e. The second-order valence-electron chi connectivity index (χ2n) is 6.78. The Balaban J connectivity index is 1.66. The SMILES string of the molecule is C[C@H](CNC(=O)[C@@H]1CCCN1C(=O)c1ccc2c(c1)OCO2)N(C)C. The van der Waals surface area contributed by atoms with E-state index in [1.807, 2.05) is 25.9 Å². The molecule has 1 aromatic carbocycles. The lowest BCUT2D eigenvalue weighted by Crippen LogP contribution is -2.48. The largest absolute Gasteiger partial charge is 0.454 e. The van der Waals surface area contributed by atoms with Gasteiger partial charge in [-0.05, 0) is 52.1 Å². The number of ether oxygens (including phenoxy) is 2. The van der Waals surface area contributed by atoms with Crippen molar-refractivity contribution in [1.82, 2.24) is 15.1 Å². The minimum absolute atomic E-state index is 0.0831. The zero-order valence-electron chi connectivity index (χ0n) is 14.9. The van der Waals surface area contributed by atoms with Crippen molar-refractivity contribution in [2.75, 3.05) is 34.0 Å². The molecule has 1 N–H and O–H groups in total. The highest BCUT2D eigenvalue weighted by Gasteiger charge is 2.35. The second kappa shape index (κ2) is 7.31. The first-order valence-electron chi connectivity index (χ1n) is 8.62. The maximum absolute atomic E-state index is 12.8. The van der Waals surface area contributed by atoms with Crippen LogP contribution in [0.3, 0.4) is 0 Å². The highest BCUT2D eigenvalue weighted by Crippen LogP contribution is 2.33. The molecule has 2 amide bonds. The zero-order chi connectivity index (χ0) is 18.0. The van der Waals surface area contributed by atoms with E-state index in [1.165, 1.54) is 0 Å².